The van der Waals surface area contributed by atoms with Crippen molar-refractivity contribution in [1.82, 2.24) is 0 Å². The zero-order chi connectivity index (χ0) is 14.8. The van der Waals surface area contributed by atoms with Gasteiger partial charge in [0.05, 0.1) is 17.3 Å². The van der Waals surface area contributed by atoms with E-state index in [9.17, 15) is 16.8 Å². The molecule has 8 heteroatoms. The molecule has 0 aromatic heterocycles. The molecule has 1 aliphatic rings. The third kappa shape index (κ3) is 4.11. The SMILES string of the molecule is CCS(=O)(=O)Nc1ccc(NC2CCS(=O)(=O)C2)cc1. The molecule has 1 heterocycles. The fourth-order valence-corrected chi connectivity index (χ4v) is 4.34. The number of rotatable bonds is 5. The van der Waals surface area contributed by atoms with Crippen molar-refractivity contribution in [1.29, 1.82) is 0 Å². The molecular formula is C12H18N2O4S2. The predicted octanol–water partition coefficient (Wildman–Crippen LogP) is 1.05. The van der Waals surface area contributed by atoms with Gasteiger partial charge in [-0.3, -0.25) is 4.72 Å². The molecule has 20 heavy (non-hydrogen) atoms. The second-order valence-corrected chi connectivity index (χ2v) is 9.07. The third-order valence-corrected chi connectivity index (χ3v) is 6.22. The molecule has 1 saturated heterocycles. The Labute approximate surface area is 119 Å². The van der Waals surface area contributed by atoms with E-state index in [1.54, 1.807) is 31.2 Å². The van der Waals surface area contributed by atoms with Crippen LogP contribution in [0, 0.1) is 0 Å². The van der Waals surface area contributed by atoms with Crippen molar-refractivity contribution in [3.63, 3.8) is 0 Å². The van der Waals surface area contributed by atoms with Crippen molar-refractivity contribution in [2.75, 3.05) is 27.3 Å². The van der Waals surface area contributed by atoms with Gasteiger partial charge in [0.2, 0.25) is 10.0 Å². The molecule has 0 spiro atoms. The highest BCUT2D eigenvalue weighted by Gasteiger charge is 2.27. The summed E-state index contributed by atoms with van der Waals surface area (Å²) in [5.41, 5.74) is 1.28. The van der Waals surface area contributed by atoms with E-state index in [4.69, 9.17) is 0 Å². The van der Waals surface area contributed by atoms with E-state index in [-0.39, 0.29) is 23.3 Å². The highest BCUT2D eigenvalue weighted by Crippen LogP contribution is 2.19. The van der Waals surface area contributed by atoms with Crippen LogP contribution in [0.5, 0.6) is 0 Å². The Morgan fingerprint density at radius 2 is 1.80 bits per heavy atom. The van der Waals surface area contributed by atoms with Crippen LogP contribution in [0.2, 0.25) is 0 Å². The molecule has 1 atom stereocenters. The zero-order valence-electron chi connectivity index (χ0n) is 11.2. The van der Waals surface area contributed by atoms with Gasteiger partial charge < -0.3 is 5.32 Å². The molecule has 112 valence electrons. The Bertz CT molecular complexity index is 666. The number of sulfonamides is 1. The van der Waals surface area contributed by atoms with Crippen molar-refractivity contribution in [3.8, 4) is 0 Å². The van der Waals surface area contributed by atoms with E-state index in [0.29, 0.717) is 12.1 Å². The molecule has 0 aliphatic carbocycles. The fourth-order valence-electron chi connectivity index (χ4n) is 2.03. The smallest absolute Gasteiger partial charge is 0.232 e. The van der Waals surface area contributed by atoms with Crippen LogP contribution in [-0.4, -0.2) is 40.1 Å². The lowest BCUT2D eigenvalue weighted by Gasteiger charge is -2.13. The average Bonchev–Trinajstić information content (AvgIpc) is 2.71. The van der Waals surface area contributed by atoms with Crippen LogP contribution in [0.15, 0.2) is 24.3 Å². The molecule has 1 fully saturated rings. The molecule has 6 nitrogen and oxygen atoms in total. The summed E-state index contributed by atoms with van der Waals surface area (Å²) in [6.45, 7) is 1.57. The first kappa shape index (κ1) is 15.1. The molecule has 0 amide bonds. The largest absolute Gasteiger partial charge is 0.381 e. The van der Waals surface area contributed by atoms with E-state index in [1.807, 2.05) is 0 Å². The summed E-state index contributed by atoms with van der Waals surface area (Å²) >= 11 is 0. The van der Waals surface area contributed by atoms with Crippen molar-refractivity contribution in [3.05, 3.63) is 24.3 Å². The second kappa shape index (κ2) is 5.61. The molecule has 1 aromatic carbocycles. The van der Waals surface area contributed by atoms with Gasteiger partial charge in [0.25, 0.3) is 0 Å². The molecule has 1 unspecified atom stereocenters. The predicted molar refractivity (Wildman–Crippen MR) is 80.2 cm³/mol. The maximum Gasteiger partial charge on any atom is 0.232 e. The first-order chi connectivity index (χ1) is 9.30. The van der Waals surface area contributed by atoms with Gasteiger partial charge in [0.1, 0.15) is 0 Å². The molecular weight excluding hydrogens is 300 g/mol. The lowest BCUT2D eigenvalue weighted by atomic mass is 10.2. The lowest BCUT2D eigenvalue weighted by Crippen LogP contribution is -2.20. The first-order valence-corrected chi connectivity index (χ1v) is 9.84. The van der Waals surface area contributed by atoms with Crippen LogP contribution in [-0.2, 0) is 19.9 Å². The molecule has 1 aliphatic heterocycles. The van der Waals surface area contributed by atoms with Gasteiger partial charge >= 0.3 is 0 Å². The van der Waals surface area contributed by atoms with Gasteiger partial charge in [-0.1, -0.05) is 0 Å². The standard InChI is InChI=1S/C12H18N2O4S2/c1-2-20(17,18)14-11-5-3-10(4-6-11)13-12-7-8-19(15,16)9-12/h3-6,12-14H,2,7-9H2,1H3. The Morgan fingerprint density at radius 3 is 2.30 bits per heavy atom. The highest BCUT2D eigenvalue weighted by molar-refractivity contribution is 7.92. The van der Waals surface area contributed by atoms with Gasteiger partial charge in [-0.25, -0.2) is 16.8 Å². The maximum absolute atomic E-state index is 11.4. The number of sulfone groups is 1. The molecule has 0 bridgehead atoms. The number of hydrogen-bond donors (Lipinski definition) is 2. The summed E-state index contributed by atoms with van der Waals surface area (Å²) < 4.78 is 48.0. The summed E-state index contributed by atoms with van der Waals surface area (Å²) in [7, 11) is -6.18. The van der Waals surface area contributed by atoms with Crippen LogP contribution in [0.25, 0.3) is 0 Å². The minimum Gasteiger partial charge on any atom is -0.381 e. The highest BCUT2D eigenvalue weighted by atomic mass is 32.2. The van der Waals surface area contributed by atoms with Crippen LogP contribution < -0.4 is 10.0 Å². The van der Waals surface area contributed by atoms with Gasteiger partial charge in [-0.05, 0) is 37.6 Å². The van der Waals surface area contributed by atoms with Crippen LogP contribution in [0.4, 0.5) is 11.4 Å². The quantitative estimate of drug-likeness (QED) is 0.846. The van der Waals surface area contributed by atoms with Crippen LogP contribution in [0.3, 0.4) is 0 Å². The van der Waals surface area contributed by atoms with Crippen molar-refractivity contribution in [2.45, 2.75) is 19.4 Å². The molecule has 0 radical (unpaired) electrons. The van der Waals surface area contributed by atoms with Gasteiger partial charge in [0.15, 0.2) is 9.84 Å². The molecule has 2 rings (SSSR count). The molecule has 1 aromatic rings. The Balaban J connectivity index is 1.99. The van der Waals surface area contributed by atoms with Crippen molar-refractivity contribution < 1.29 is 16.8 Å². The number of hydrogen-bond acceptors (Lipinski definition) is 5. The van der Waals surface area contributed by atoms with Crippen LogP contribution >= 0.6 is 0 Å². The molecule has 0 saturated carbocycles. The number of benzene rings is 1. The second-order valence-electron chi connectivity index (χ2n) is 4.83. The van der Waals surface area contributed by atoms with Crippen molar-refractivity contribution in [2.24, 2.45) is 0 Å². The Kier molecular flexibility index (Phi) is 4.24. The monoisotopic (exact) mass is 318 g/mol. The topological polar surface area (TPSA) is 92.3 Å². The number of nitrogens with one attached hydrogen (secondary N) is 2. The van der Waals surface area contributed by atoms with Crippen molar-refractivity contribution >= 4 is 31.2 Å². The fraction of sp³-hybridized carbons (Fsp3) is 0.500. The lowest BCUT2D eigenvalue weighted by molar-refractivity contribution is 0.600. The minimum atomic E-state index is -3.27. The van der Waals surface area contributed by atoms with Gasteiger partial charge in [-0.15, -0.1) is 0 Å². The minimum absolute atomic E-state index is 0.0208. The molecule has 2 N–H and O–H groups in total. The first-order valence-electron chi connectivity index (χ1n) is 6.37. The normalized spacial score (nSPS) is 21.6. The Hall–Kier alpha value is -1.28. The van der Waals surface area contributed by atoms with Gasteiger partial charge in [-0.2, -0.15) is 0 Å². The zero-order valence-corrected chi connectivity index (χ0v) is 12.8. The van der Waals surface area contributed by atoms with E-state index in [0.717, 1.165) is 5.69 Å². The number of anilines is 2. The third-order valence-electron chi connectivity index (χ3n) is 3.14. The summed E-state index contributed by atoms with van der Waals surface area (Å²) in [6, 6.07) is 6.70. The van der Waals surface area contributed by atoms with E-state index < -0.39 is 19.9 Å². The summed E-state index contributed by atoms with van der Waals surface area (Å²) in [5.74, 6) is 0.392. The van der Waals surface area contributed by atoms with Gasteiger partial charge in [0, 0.05) is 17.4 Å². The summed E-state index contributed by atoms with van der Waals surface area (Å²) in [4.78, 5) is 0. The van der Waals surface area contributed by atoms with E-state index in [2.05, 4.69) is 10.0 Å². The summed E-state index contributed by atoms with van der Waals surface area (Å²) in [6.07, 6.45) is 0.604. The average molecular weight is 318 g/mol. The van der Waals surface area contributed by atoms with E-state index in [1.165, 1.54) is 0 Å². The van der Waals surface area contributed by atoms with E-state index >= 15 is 0 Å². The summed E-state index contributed by atoms with van der Waals surface area (Å²) in [5, 5.41) is 3.14. The van der Waals surface area contributed by atoms with Crippen LogP contribution in [0.1, 0.15) is 13.3 Å². The maximum atomic E-state index is 11.4. The Morgan fingerprint density at radius 1 is 1.20 bits per heavy atom.